The van der Waals surface area contributed by atoms with Crippen molar-refractivity contribution in [3.8, 4) is 11.8 Å². The van der Waals surface area contributed by atoms with E-state index < -0.39 is 6.10 Å². The highest BCUT2D eigenvalue weighted by atomic mass is 32.2. The summed E-state index contributed by atoms with van der Waals surface area (Å²) in [7, 11) is 0. The van der Waals surface area contributed by atoms with Crippen LogP contribution in [0.1, 0.15) is 5.56 Å². The molecular formula is C19H17N3O2S. The number of aliphatic hydroxyl groups is 1. The molecule has 1 atom stereocenters. The molecular weight excluding hydrogens is 334 g/mol. The molecule has 5 nitrogen and oxygen atoms in total. The highest BCUT2D eigenvalue weighted by Crippen LogP contribution is 2.24. The van der Waals surface area contributed by atoms with Crippen molar-refractivity contribution in [3.63, 3.8) is 0 Å². The van der Waals surface area contributed by atoms with Gasteiger partial charge in [-0.1, -0.05) is 30.3 Å². The van der Waals surface area contributed by atoms with Crippen molar-refractivity contribution in [1.29, 1.82) is 5.26 Å². The third-order valence-electron chi connectivity index (χ3n) is 3.57. The van der Waals surface area contributed by atoms with Crippen molar-refractivity contribution >= 4 is 22.7 Å². The molecule has 0 aliphatic rings. The molecule has 3 rings (SSSR count). The molecule has 0 spiro atoms. The Hall–Kier alpha value is -2.62. The van der Waals surface area contributed by atoms with Crippen LogP contribution in [0, 0.1) is 11.3 Å². The molecule has 0 amide bonds. The summed E-state index contributed by atoms with van der Waals surface area (Å²) in [6.07, 6.45) is 1.31. The number of hydrogen-bond acceptors (Lipinski definition) is 6. The predicted molar refractivity (Wildman–Crippen MR) is 97.5 cm³/mol. The highest BCUT2D eigenvalue weighted by Gasteiger charge is 2.10. The molecule has 1 aromatic heterocycles. The lowest BCUT2D eigenvalue weighted by molar-refractivity contribution is 0.126. The van der Waals surface area contributed by atoms with Gasteiger partial charge in [-0.15, -0.1) is 11.8 Å². The van der Waals surface area contributed by atoms with E-state index in [2.05, 4.69) is 16.0 Å². The van der Waals surface area contributed by atoms with Crippen molar-refractivity contribution < 1.29 is 9.84 Å². The number of ether oxygens (including phenoxy) is 1. The fraction of sp³-hybridized carbons (Fsp3) is 0.211. The summed E-state index contributed by atoms with van der Waals surface area (Å²) in [5.74, 6) is 1.16. The van der Waals surface area contributed by atoms with Crippen LogP contribution in [0.15, 0.2) is 59.9 Å². The van der Waals surface area contributed by atoms with Gasteiger partial charge in [0.25, 0.3) is 0 Å². The molecule has 0 bridgehead atoms. The zero-order valence-electron chi connectivity index (χ0n) is 13.5. The Morgan fingerprint density at radius 3 is 2.72 bits per heavy atom. The average molecular weight is 351 g/mol. The van der Waals surface area contributed by atoms with E-state index in [-0.39, 0.29) is 6.61 Å². The second kappa shape index (κ2) is 8.47. The average Bonchev–Trinajstić information content (AvgIpc) is 2.66. The van der Waals surface area contributed by atoms with Crippen molar-refractivity contribution in [2.24, 2.45) is 0 Å². The van der Waals surface area contributed by atoms with Crippen molar-refractivity contribution in [1.82, 2.24) is 9.97 Å². The summed E-state index contributed by atoms with van der Waals surface area (Å²) in [5, 5.41) is 20.6. The first-order valence-corrected chi connectivity index (χ1v) is 8.84. The first-order chi connectivity index (χ1) is 12.3. The number of benzene rings is 2. The monoisotopic (exact) mass is 351 g/mol. The molecule has 25 heavy (non-hydrogen) atoms. The summed E-state index contributed by atoms with van der Waals surface area (Å²) < 4.78 is 5.60. The van der Waals surface area contributed by atoms with E-state index in [0.29, 0.717) is 17.9 Å². The zero-order valence-corrected chi connectivity index (χ0v) is 14.3. The van der Waals surface area contributed by atoms with Crippen molar-refractivity contribution in [3.05, 3.63) is 60.4 Å². The maximum absolute atomic E-state index is 10.2. The lowest BCUT2D eigenvalue weighted by atomic mass is 10.2. The van der Waals surface area contributed by atoms with Crippen LogP contribution in [0.4, 0.5) is 0 Å². The molecule has 1 N–H and O–H groups in total. The van der Waals surface area contributed by atoms with Crippen LogP contribution in [-0.2, 0) is 6.42 Å². The van der Waals surface area contributed by atoms with Gasteiger partial charge in [-0.3, -0.25) is 0 Å². The Bertz CT molecular complexity index is 872. The van der Waals surface area contributed by atoms with Crippen LogP contribution in [0.2, 0.25) is 0 Å². The van der Waals surface area contributed by atoms with E-state index in [1.54, 1.807) is 0 Å². The van der Waals surface area contributed by atoms with E-state index in [1.807, 2.05) is 48.5 Å². The largest absolute Gasteiger partial charge is 0.491 e. The van der Waals surface area contributed by atoms with Gasteiger partial charge in [-0.2, -0.15) is 5.26 Å². The fourth-order valence-electron chi connectivity index (χ4n) is 2.31. The van der Waals surface area contributed by atoms with Gasteiger partial charge < -0.3 is 9.84 Å². The molecule has 0 saturated heterocycles. The highest BCUT2D eigenvalue weighted by molar-refractivity contribution is 7.99. The maximum Gasteiger partial charge on any atom is 0.119 e. The minimum Gasteiger partial charge on any atom is -0.491 e. The Morgan fingerprint density at radius 1 is 1.12 bits per heavy atom. The van der Waals surface area contributed by atoms with E-state index in [1.165, 1.54) is 18.1 Å². The molecule has 0 aliphatic carbocycles. The van der Waals surface area contributed by atoms with Gasteiger partial charge in [0.05, 0.1) is 24.1 Å². The van der Waals surface area contributed by atoms with Gasteiger partial charge in [-0.05, 0) is 23.8 Å². The normalized spacial score (nSPS) is 11.8. The number of aliphatic hydroxyl groups excluding tert-OH is 1. The second-order valence-electron chi connectivity index (χ2n) is 5.45. The number of aromatic nitrogens is 2. The standard InChI is InChI=1S/C19H17N3O2S/c20-10-9-14-5-7-16(8-6-14)24-11-15(23)12-25-19-17-3-1-2-4-18(17)21-13-22-19/h1-8,13,15,23H,9,11-12H2/t15-/m0/s1. The Labute approximate surface area is 150 Å². The third kappa shape index (κ3) is 4.69. The molecule has 0 unspecified atom stereocenters. The molecule has 126 valence electrons. The SMILES string of the molecule is N#CCc1ccc(OC[C@H](O)CSc2ncnc3ccccc23)cc1. The van der Waals surface area contributed by atoms with Gasteiger partial charge in [0.1, 0.15) is 23.7 Å². The Morgan fingerprint density at radius 2 is 1.92 bits per heavy atom. The van der Waals surface area contributed by atoms with Crippen LogP contribution < -0.4 is 4.74 Å². The summed E-state index contributed by atoms with van der Waals surface area (Å²) in [6.45, 7) is 0.202. The van der Waals surface area contributed by atoms with Crippen LogP contribution in [0.25, 0.3) is 10.9 Å². The predicted octanol–water partition coefficient (Wildman–Crippen LogP) is 3.23. The molecule has 0 radical (unpaired) electrons. The minimum absolute atomic E-state index is 0.202. The summed E-state index contributed by atoms with van der Waals surface area (Å²) >= 11 is 1.49. The van der Waals surface area contributed by atoms with Crippen LogP contribution >= 0.6 is 11.8 Å². The van der Waals surface area contributed by atoms with Crippen LogP contribution in [-0.4, -0.2) is 33.5 Å². The number of para-hydroxylation sites is 1. The molecule has 0 fully saturated rings. The Kier molecular flexibility index (Phi) is 5.83. The first kappa shape index (κ1) is 17.2. The molecule has 3 aromatic rings. The summed E-state index contributed by atoms with van der Waals surface area (Å²) in [6, 6.07) is 17.2. The number of hydrogen-bond donors (Lipinski definition) is 1. The van der Waals surface area contributed by atoms with Crippen molar-refractivity contribution in [2.75, 3.05) is 12.4 Å². The smallest absolute Gasteiger partial charge is 0.119 e. The molecule has 6 heteroatoms. The first-order valence-electron chi connectivity index (χ1n) is 7.85. The maximum atomic E-state index is 10.2. The second-order valence-corrected chi connectivity index (χ2v) is 6.46. The van der Waals surface area contributed by atoms with E-state index >= 15 is 0 Å². The third-order valence-corrected chi connectivity index (χ3v) is 4.72. The lowest BCUT2D eigenvalue weighted by Crippen LogP contribution is -2.20. The number of nitriles is 1. The quantitative estimate of drug-likeness (QED) is 0.520. The topological polar surface area (TPSA) is 79.0 Å². The summed E-state index contributed by atoms with van der Waals surface area (Å²) in [4.78, 5) is 8.53. The minimum atomic E-state index is -0.613. The number of thioether (sulfide) groups is 1. The molecule has 2 aromatic carbocycles. The fourth-order valence-corrected chi connectivity index (χ4v) is 3.20. The number of nitrogens with zero attached hydrogens (tertiary/aromatic N) is 3. The van der Waals surface area contributed by atoms with E-state index in [9.17, 15) is 5.11 Å². The molecule has 0 saturated carbocycles. The molecule has 1 heterocycles. The van der Waals surface area contributed by atoms with Crippen LogP contribution in [0.3, 0.4) is 0 Å². The van der Waals surface area contributed by atoms with Gasteiger partial charge in [0.2, 0.25) is 0 Å². The van der Waals surface area contributed by atoms with Gasteiger partial charge in [0, 0.05) is 11.1 Å². The van der Waals surface area contributed by atoms with Crippen LogP contribution in [0.5, 0.6) is 5.75 Å². The van der Waals surface area contributed by atoms with Gasteiger partial charge in [0.15, 0.2) is 0 Å². The van der Waals surface area contributed by atoms with Gasteiger partial charge in [-0.25, -0.2) is 9.97 Å². The van der Waals surface area contributed by atoms with Gasteiger partial charge >= 0.3 is 0 Å². The zero-order chi connectivity index (χ0) is 17.5. The summed E-state index contributed by atoms with van der Waals surface area (Å²) in [5.41, 5.74) is 1.84. The lowest BCUT2D eigenvalue weighted by Gasteiger charge is -2.12. The number of rotatable bonds is 7. The Balaban J connectivity index is 1.52. The van der Waals surface area contributed by atoms with Crippen molar-refractivity contribution in [2.45, 2.75) is 17.6 Å². The van der Waals surface area contributed by atoms with E-state index in [4.69, 9.17) is 10.00 Å². The molecule has 0 aliphatic heterocycles. The van der Waals surface area contributed by atoms with E-state index in [0.717, 1.165) is 21.5 Å². The number of fused-ring (bicyclic) bond motifs is 1.